The van der Waals surface area contributed by atoms with Crippen molar-refractivity contribution >= 4 is 11.6 Å². The van der Waals surface area contributed by atoms with Crippen molar-refractivity contribution in [3.8, 4) is 0 Å². The Bertz CT molecular complexity index is 110. The van der Waals surface area contributed by atoms with Gasteiger partial charge < -0.3 is 0 Å². The number of unbranched alkanes of at least 4 members (excludes halogenated alkanes) is 3. The van der Waals surface area contributed by atoms with E-state index in [2.05, 4.69) is 18.7 Å². The van der Waals surface area contributed by atoms with Crippen molar-refractivity contribution in [1.82, 2.24) is 0 Å². The summed E-state index contributed by atoms with van der Waals surface area (Å²) in [5, 5.41) is 0. The van der Waals surface area contributed by atoms with Gasteiger partial charge in [0.05, 0.1) is 0 Å². The number of hydrogen-bond acceptors (Lipinski definition) is 0. The van der Waals surface area contributed by atoms with Crippen LogP contribution in [0.4, 0.5) is 0 Å². The number of allylic oxidation sites excluding steroid dienone is 1. The summed E-state index contributed by atoms with van der Waals surface area (Å²) in [5.74, 6) is 0.574. The van der Waals surface area contributed by atoms with E-state index in [-0.39, 0.29) is 0 Å². The molecule has 0 amide bonds. The fourth-order valence-electron chi connectivity index (χ4n) is 0.708. The van der Waals surface area contributed by atoms with Gasteiger partial charge in [-0.05, 0) is 25.0 Å². The predicted molar refractivity (Wildman–Crippen MR) is 47.5 cm³/mol. The lowest BCUT2D eigenvalue weighted by Gasteiger charge is -1.88. The van der Waals surface area contributed by atoms with E-state index in [1.807, 2.05) is 6.08 Å². The van der Waals surface area contributed by atoms with Crippen LogP contribution < -0.4 is 0 Å². The molecule has 10 heavy (non-hydrogen) atoms. The zero-order valence-electron chi connectivity index (χ0n) is 6.57. The lowest BCUT2D eigenvalue weighted by molar-refractivity contribution is 0.729. The molecule has 0 radical (unpaired) electrons. The summed E-state index contributed by atoms with van der Waals surface area (Å²) in [6.07, 6.45) is 8.92. The molecule has 0 aromatic rings. The molecule has 0 N–H and O–H groups in total. The van der Waals surface area contributed by atoms with Gasteiger partial charge in [-0.25, -0.2) is 0 Å². The highest BCUT2D eigenvalue weighted by Gasteiger charge is 1.79. The van der Waals surface area contributed by atoms with Crippen LogP contribution in [-0.4, -0.2) is 5.88 Å². The van der Waals surface area contributed by atoms with E-state index in [1.165, 1.54) is 19.3 Å². The Morgan fingerprint density at radius 2 is 2.10 bits per heavy atom. The maximum atomic E-state index is 5.40. The molecule has 0 fully saturated rings. The number of alkyl halides is 1. The van der Waals surface area contributed by atoms with Crippen LogP contribution in [0.25, 0.3) is 0 Å². The Balaban J connectivity index is 3.10. The molecule has 0 atom stereocenters. The Labute approximate surface area is 68.6 Å². The maximum absolute atomic E-state index is 5.40. The molecule has 0 nitrogen and oxygen atoms in total. The van der Waals surface area contributed by atoms with E-state index < -0.39 is 0 Å². The predicted octanol–water partition coefficient (Wildman–Crippen LogP) is 3.52. The molecule has 0 unspecified atom stereocenters. The lowest BCUT2D eigenvalue weighted by Crippen LogP contribution is -1.68. The van der Waals surface area contributed by atoms with Crippen molar-refractivity contribution in [3.05, 3.63) is 17.9 Å². The molecule has 0 aromatic carbocycles. The largest absolute Gasteiger partial charge is 0.128 e. The van der Waals surface area contributed by atoms with E-state index in [9.17, 15) is 0 Å². The molecule has 0 aliphatic carbocycles. The molecule has 0 saturated carbocycles. The van der Waals surface area contributed by atoms with Crippen molar-refractivity contribution in [2.45, 2.75) is 32.6 Å². The van der Waals surface area contributed by atoms with Gasteiger partial charge >= 0.3 is 0 Å². The van der Waals surface area contributed by atoms with E-state index in [4.69, 9.17) is 11.6 Å². The van der Waals surface area contributed by atoms with E-state index >= 15 is 0 Å². The van der Waals surface area contributed by atoms with Crippen molar-refractivity contribution in [3.63, 3.8) is 0 Å². The molecule has 0 bridgehead atoms. The van der Waals surface area contributed by atoms with Gasteiger partial charge in [0.1, 0.15) is 0 Å². The van der Waals surface area contributed by atoms with E-state index in [1.54, 1.807) is 0 Å². The zero-order chi connectivity index (χ0) is 7.66. The van der Waals surface area contributed by atoms with Crippen LogP contribution >= 0.6 is 11.6 Å². The van der Waals surface area contributed by atoms with Gasteiger partial charge in [0, 0.05) is 5.88 Å². The summed E-state index contributed by atoms with van der Waals surface area (Å²) >= 11 is 5.40. The summed E-state index contributed by atoms with van der Waals surface area (Å²) < 4.78 is 0. The second kappa shape index (κ2) is 8.81. The van der Waals surface area contributed by atoms with Crippen molar-refractivity contribution in [1.29, 1.82) is 0 Å². The molecular formula is C9H15Cl. The third-order valence-corrected chi connectivity index (χ3v) is 1.42. The molecule has 58 valence electrons. The Morgan fingerprint density at radius 3 is 2.70 bits per heavy atom. The third kappa shape index (κ3) is 7.81. The first-order valence-corrected chi connectivity index (χ1v) is 4.40. The molecule has 0 saturated heterocycles. The molecule has 0 aliphatic rings. The first-order valence-electron chi connectivity index (χ1n) is 3.87. The van der Waals surface area contributed by atoms with Crippen LogP contribution in [-0.2, 0) is 0 Å². The summed E-state index contributed by atoms with van der Waals surface area (Å²) in [6.45, 7) is 2.21. The van der Waals surface area contributed by atoms with Gasteiger partial charge in [0.25, 0.3) is 0 Å². The molecule has 1 heteroatoms. The second-order valence-corrected chi connectivity index (χ2v) is 2.53. The minimum Gasteiger partial charge on any atom is -0.128 e. The summed E-state index contributed by atoms with van der Waals surface area (Å²) in [5.41, 5.74) is 3.01. The zero-order valence-corrected chi connectivity index (χ0v) is 7.32. The summed E-state index contributed by atoms with van der Waals surface area (Å²) in [4.78, 5) is 0. The number of rotatable bonds is 5. The second-order valence-electron chi connectivity index (χ2n) is 2.23. The molecule has 0 aliphatic heterocycles. The molecule has 0 aromatic heterocycles. The Hall–Kier alpha value is -0.190. The van der Waals surface area contributed by atoms with Crippen molar-refractivity contribution < 1.29 is 0 Å². The average Bonchev–Trinajstić information content (AvgIpc) is 1.97. The fraction of sp³-hybridized carbons (Fsp3) is 0.667. The molecular weight excluding hydrogens is 144 g/mol. The van der Waals surface area contributed by atoms with Gasteiger partial charge in [-0.15, -0.1) is 17.3 Å². The van der Waals surface area contributed by atoms with Crippen LogP contribution in [0.3, 0.4) is 0 Å². The van der Waals surface area contributed by atoms with Crippen molar-refractivity contribution in [2.75, 3.05) is 5.88 Å². The van der Waals surface area contributed by atoms with Crippen molar-refractivity contribution in [2.24, 2.45) is 0 Å². The van der Waals surface area contributed by atoms with Gasteiger partial charge in [-0.3, -0.25) is 0 Å². The van der Waals surface area contributed by atoms with Gasteiger partial charge in [-0.1, -0.05) is 19.8 Å². The number of halogens is 1. The lowest BCUT2D eigenvalue weighted by atomic mass is 10.2. The highest BCUT2D eigenvalue weighted by molar-refractivity contribution is 6.18. The van der Waals surface area contributed by atoms with Gasteiger partial charge in [0.2, 0.25) is 0 Å². The molecule has 0 rings (SSSR count). The minimum absolute atomic E-state index is 0.574. The third-order valence-electron chi connectivity index (χ3n) is 1.26. The summed E-state index contributed by atoms with van der Waals surface area (Å²) in [6, 6.07) is 0. The normalized spacial score (nSPS) is 8.60. The smallest absolute Gasteiger partial charge is 0.0478 e. The molecule has 0 heterocycles. The van der Waals surface area contributed by atoms with Crippen LogP contribution in [0, 0.1) is 0 Å². The maximum Gasteiger partial charge on any atom is 0.0478 e. The number of hydrogen-bond donors (Lipinski definition) is 0. The van der Waals surface area contributed by atoms with E-state index in [0.29, 0.717) is 5.88 Å². The highest BCUT2D eigenvalue weighted by atomic mass is 35.5. The minimum atomic E-state index is 0.574. The first-order chi connectivity index (χ1) is 4.91. The van der Waals surface area contributed by atoms with E-state index in [0.717, 1.165) is 6.42 Å². The quantitative estimate of drug-likeness (QED) is 0.326. The van der Waals surface area contributed by atoms with Crippen LogP contribution in [0.5, 0.6) is 0 Å². The van der Waals surface area contributed by atoms with Gasteiger partial charge in [-0.2, -0.15) is 0 Å². The summed E-state index contributed by atoms with van der Waals surface area (Å²) in [7, 11) is 0. The fourth-order valence-corrected chi connectivity index (χ4v) is 0.797. The average molecular weight is 159 g/mol. The standard InChI is InChI=1S/C9H15Cl/c1-2-3-4-5-6-7-8-9-10/h6,8H,2-5,9H2,1H3. The monoisotopic (exact) mass is 158 g/mol. The first kappa shape index (κ1) is 9.81. The SMILES string of the molecule is CCCCCC=C=CCCl. The van der Waals surface area contributed by atoms with Crippen LogP contribution in [0.2, 0.25) is 0 Å². The van der Waals surface area contributed by atoms with Crippen LogP contribution in [0.15, 0.2) is 17.9 Å². The highest BCUT2D eigenvalue weighted by Crippen LogP contribution is 1.98. The van der Waals surface area contributed by atoms with Crippen LogP contribution in [0.1, 0.15) is 32.6 Å². The molecule has 0 spiro atoms. The topological polar surface area (TPSA) is 0 Å². The van der Waals surface area contributed by atoms with Gasteiger partial charge in [0.15, 0.2) is 0 Å². The Kier molecular flexibility index (Phi) is 8.64. The Morgan fingerprint density at radius 1 is 1.30 bits per heavy atom.